The van der Waals surface area contributed by atoms with E-state index in [9.17, 15) is 28.6 Å². The van der Waals surface area contributed by atoms with Gasteiger partial charge in [0.1, 0.15) is 5.02 Å². The molecule has 8 nitrogen and oxygen atoms in total. The fourth-order valence-corrected chi connectivity index (χ4v) is 3.21. The van der Waals surface area contributed by atoms with Gasteiger partial charge in [0.2, 0.25) is 9.84 Å². The van der Waals surface area contributed by atoms with E-state index in [0.717, 1.165) is 30.3 Å². The predicted octanol–water partition coefficient (Wildman–Crippen LogP) is 2.99. The normalized spacial score (nSPS) is 11.1. The molecule has 2 rings (SSSR count). The highest BCUT2D eigenvalue weighted by Gasteiger charge is 2.24. The first-order valence-electron chi connectivity index (χ1n) is 5.67. The Morgan fingerprint density at radius 3 is 2.14 bits per heavy atom. The Labute approximate surface area is 129 Å². The molecule has 0 heterocycles. The smallest absolute Gasteiger partial charge is 0.258 e. The lowest BCUT2D eigenvalue weighted by molar-refractivity contribution is -0.385. The lowest BCUT2D eigenvalue weighted by Gasteiger charge is -2.05. The molecule has 0 atom stereocenters. The molecular weight excluding hydrogens is 336 g/mol. The molecule has 0 saturated carbocycles. The average molecular weight is 343 g/mol. The third kappa shape index (κ3) is 2.90. The zero-order valence-electron chi connectivity index (χ0n) is 10.7. The van der Waals surface area contributed by atoms with Crippen molar-refractivity contribution in [3.8, 4) is 0 Å². The van der Waals surface area contributed by atoms with E-state index in [-0.39, 0.29) is 14.8 Å². The largest absolute Gasteiger partial charge is 0.289 e. The Kier molecular flexibility index (Phi) is 4.11. The summed E-state index contributed by atoms with van der Waals surface area (Å²) >= 11 is 5.63. The number of nitrogens with zero attached hydrogens (tertiary/aromatic N) is 2. The number of non-ortho nitro benzene ring substituents is 1. The van der Waals surface area contributed by atoms with Crippen molar-refractivity contribution in [2.45, 2.75) is 9.79 Å². The highest BCUT2D eigenvalue weighted by Crippen LogP contribution is 2.30. The zero-order valence-corrected chi connectivity index (χ0v) is 12.2. The van der Waals surface area contributed by atoms with E-state index in [1.807, 2.05) is 0 Å². The van der Waals surface area contributed by atoms with Crippen LogP contribution in [-0.2, 0) is 9.84 Å². The quantitative estimate of drug-likeness (QED) is 0.622. The summed E-state index contributed by atoms with van der Waals surface area (Å²) < 4.78 is 24.8. The summed E-state index contributed by atoms with van der Waals surface area (Å²) in [6.45, 7) is 0. The molecule has 0 bridgehead atoms. The fraction of sp³-hybridized carbons (Fsp3) is 0. The fourth-order valence-electron chi connectivity index (χ4n) is 1.70. The standard InChI is InChI=1S/C12H7ClN2O6S/c13-11-5-4-10(7-12(11)15(18)19)22(20,21)9-3-1-2-8(6-9)14(16)17/h1-7H. The van der Waals surface area contributed by atoms with Gasteiger partial charge in [-0.05, 0) is 18.2 Å². The number of sulfone groups is 1. The first-order chi connectivity index (χ1) is 10.2. The molecule has 2 aromatic rings. The van der Waals surface area contributed by atoms with Gasteiger partial charge in [0.15, 0.2) is 0 Å². The van der Waals surface area contributed by atoms with E-state index < -0.39 is 31.1 Å². The number of hydrogen-bond acceptors (Lipinski definition) is 6. The Morgan fingerprint density at radius 1 is 0.909 bits per heavy atom. The Hall–Kier alpha value is -2.52. The maximum absolute atomic E-state index is 12.4. The van der Waals surface area contributed by atoms with Gasteiger partial charge >= 0.3 is 0 Å². The van der Waals surface area contributed by atoms with E-state index >= 15 is 0 Å². The maximum atomic E-state index is 12.4. The Balaban J connectivity index is 2.60. The highest BCUT2D eigenvalue weighted by atomic mass is 35.5. The van der Waals surface area contributed by atoms with Crippen LogP contribution >= 0.6 is 11.6 Å². The summed E-state index contributed by atoms with van der Waals surface area (Å²) in [5.74, 6) is 0. The molecular formula is C12H7ClN2O6S. The van der Waals surface area contributed by atoms with Crippen LogP contribution < -0.4 is 0 Å². The third-order valence-corrected chi connectivity index (χ3v) is 4.83. The summed E-state index contributed by atoms with van der Waals surface area (Å²) in [4.78, 5) is 19.3. The number of halogens is 1. The molecule has 0 aliphatic rings. The van der Waals surface area contributed by atoms with Crippen molar-refractivity contribution >= 4 is 32.8 Å². The Bertz CT molecular complexity index is 881. The van der Waals surface area contributed by atoms with Gasteiger partial charge in [-0.1, -0.05) is 17.7 Å². The molecule has 0 fully saturated rings. The molecule has 0 aromatic heterocycles. The first-order valence-corrected chi connectivity index (χ1v) is 7.53. The van der Waals surface area contributed by atoms with Gasteiger partial charge in [-0.25, -0.2) is 8.42 Å². The Morgan fingerprint density at radius 2 is 1.55 bits per heavy atom. The summed E-state index contributed by atoms with van der Waals surface area (Å²) in [6, 6.07) is 7.42. The molecule has 114 valence electrons. The molecule has 0 N–H and O–H groups in total. The minimum atomic E-state index is -4.14. The molecule has 0 radical (unpaired) electrons. The second-order valence-corrected chi connectivity index (χ2v) is 6.49. The van der Waals surface area contributed by atoms with Crippen molar-refractivity contribution in [1.29, 1.82) is 0 Å². The SMILES string of the molecule is O=[N+]([O-])c1cccc(S(=O)(=O)c2ccc(Cl)c([N+](=O)[O-])c2)c1. The van der Waals surface area contributed by atoms with Crippen LogP contribution in [-0.4, -0.2) is 18.3 Å². The number of rotatable bonds is 4. The van der Waals surface area contributed by atoms with Crippen molar-refractivity contribution in [1.82, 2.24) is 0 Å². The topological polar surface area (TPSA) is 120 Å². The van der Waals surface area contributed by atoms with E-state index in [0.29, 0.717) is 0 Å². The zero-order chi connectivity index (χ0) is 16.5. The van der Waals surface area contributed by atoms with Gasteiger partial charge in [-0.2, -0.15) is 0 Å². The lowest BCUT2D eigenvalue weighted by Crippen LogP contribution is -2.03. The monoisotopic (exact) mass is 342 g/mol. The van der Waals surface area contributed by atoms with E-state index in [2.05, 4.69) is 0 Å². The molecule has 0 spiro atoms. The van der Waals surface area contributed by atoms with Crippen LogP contribution in [0.3, 0.4) is 0 Å². The maximum Gasteiger partial charge on any atom is 0.289 e. The van der Waals surface area contributed by atoms with E-state index in [4.69, 9.17) is 11.6 Å². The second-order valence-electron chi connectivity index (χ2n) is 4.13. The number of benzene rings is 2. The lowest BCUT2D eigenvalue weighted by atomic mass is 10.3. The number of nitro benzene ring substituents is 2. The van der Waals surface area contributed by atoms with Crippen LogP contribution in [0, 0.1) is 20.2 Å². The van der Waals surface area contributed by atoms with Gasteiger partial charge in [0.05, 0.1) is 19.6 Å². The first kappa shape index (κ1) is 15.9. The highest BCUT2D eigenvalue weighted by molar-refractivity contribution is 7.91. The van der Waals surface area contributed by atoms with Gasteiger partial charge in [0.25, 0.3) is 11.4 Å². The molecule has 0 aliphatic heterocycles. The number of hydrogen-bond donors (Lipinski definition) is 0. The van der Waals surface area contributed by atoms with Crippen LogP contribution in [0.2, 0.25) is 5.02 Å². The minimum Gasteiger partial charge on any atom is -0.258 e. The minimum absolute atomic E-state index is 0.206. The molecule has 22 heavy (non-hydrogen) atoms. The van der Waals surface area contributed by atoms with Crippen molar-refractivity contribution in [2.75, 3.05) is 0 Å². The van der Waals surface area contributed by atoms with Crippen LogP contribution in [0.1, 0.15) is 0 Å². The van der Waals surface area contributed by atoms with Crippen molar-refractivity contribution in [3.63, 3.8) is 0 Å². The van der Waals surface area contributed by atoms with Crippen LogP contribution in [0.4, 0.5) is 11.4 Å². The second kappa shape index (κ2) is 5.70. The summed E-state index contributed by atoms with van der Waals surface area (Å²) in [5, 5.41) is 21.3. The van der Waals surface area contributed by atoms with Crippen molar-refractivity contribution in [3.05, 3.63) is 67.7 Å². The van der Waals surface area contributed by atoms with Gasteiger partial charge in [0, 0.05) is 18.2 Å². The average Bonchev–Trinajstić information content (AvgIpc) is 2.47. The van der Waals surface area contributed by atoms with Gasteiger partial charge in [-0.15, -0.1) is 0 Å². The molecule has 0 aliphatic carbocycles. The summed E-state index contributed by atoms with van der Waals surface area (Å²) in [6.07, 6.45) is 0. The molecule has 0 saturated heterocycles. The van der Waals surface area contributed by atoms with Gasteiger partial charge < -0.3 is 0 Å². The van der Waals surface area contributed by atoms with Crippen molar-refractivity contribution in [2.24, 2.45) is 0 Å². The van der Waals surface area contributed by atoms with Gasteiger partial charge in [-0.3, -0.25) is 20.2 Å². The molecule has 2 aromatic carbocycles. The van der Waals surface area contributed by atoms with Crippen LogP contribution in [0.5, 0.6) is 0 Å². The summed E-state index contributed by atoms with van der Waals surface area (Å²) in [5.41, 5.74) is -0.960. The van der Waals surface area contributed by atoms with Crippen LogP contribution in [0.25, 0.3) is 0 Å². The predicted molar refractivity (Wildman–Crippen MR) is 76.7 cm³/mol. The summed E-state index contributed by atoms with van der Waals surface area (Å²) in [7, 11) is -4.14. The number of nitro groups is 2. The molecule has 0 amide bonds. The van der Waals surface area contributed by atoms with Crippen molar-refractivity contribution < 1.29 is 18.3 Å². The van der Waals surface area contributed by atoms with E-state index in [1.165, 1.54) is 12.1 Å². The third-order valence-electron chi connectivity index (χ3n) is 2.76. The molecule has 10 heteroatoms. The molecule has 0 unspecified atom stereocenters. The van der Waals surface area contributed by atoms with E-state index in [1.54, 1.807) is 0 Å². The van der Waals surface area contributed by atoms with Crippen LogP contribution in [0.15, 0.2) is 52.3 Å².